The van der Waals surface area contributed by atoms with Gasteiger partial charge in [0.1, 0.15) is 5.82 Å². The highest BCUT2D eigenvalue weighted by Gasteiger charge is 2.09. The van der Waals surface area contributed by atoms with Gasteiger partial charge < -0.3 is 11.1 Å². The molecule has 0 unspecified atom stereocenters. The minimum absolute atomic E-state index is 0.208. The second-order valence-corrected chi connectivity index (χ2v) is 4.82. The van der Waals surface area contributed by atoms with Gasteiger partial charge in [0.05, 0.1) is 16.2 Å². The van der Waals surface area contributed by atoms with Crippen molar-refractivity contribution in [3.8, 4) is 0 Å². The van der Waals surface area contributed by atoms with Gasteiger partial charge in [-0.3, -0.25) is 0 Å². The number of nitrogens with two attached hydrogens (primary N) is 1. The van der Waals surface area contributed by atoms with Crippen molar-refractivity contribution in [2.75, 3.05) is 5.32 Å². The largest absolute Gasteiger partial charge is 0.370 e. The van der Waals surface area contributed by atoms with Crippen molar-refractivity contribution < 1.29 is 4.39 Å². The maximum absolute atomic E-state index is 13.0. The lowest BCUT2D eigenvalue weighted by Crippen LogP contribution is -2.27. The van der Waals surface area contributed by atoms with Gasteiger partial charge in [-0.15, -0.1) is 0 Å². The fourth-order valence-corrected chi connectivity index (χ4v) is 1.29. The molecular weight excluding hydrogens is 229 g/mol. The minimum Gasteiger partial charge on any atom is -0.370 e. The van der Waals surface area contributed by atoms with E-state index in [0.29, 0.717) is 10.7 Å². The quantitative estimate of drug-likeness (QED) is 0.589. The molecule has 0 aromatic heterocycles. The van der Waals surface area contributed by atoms with Gasteiger partial charge in [0.2, 0.25) is 0 Å². The smallest absolute Gasteiger partial charge is 0.193 e. The summed E-state index contributed by atoms with van der Waals surface area (Å²) in [4.78, 5) is 4.18. The van der Waals surface area contributed by atoms with Crippen LogP contribution in [0.5, 0.6) is 0 Å². The van der Waals surface area contributed by atoms with Crippen LogP contribution >= 0.6 is 11.6 Å². The average Bonchev–Trinajstić information content (AvgIpc) is 2.08. The fraction of sp³-hybridized carbons (Fsp3) is 0.364. The summed E-state index contributed by atoms with van der Waals surface area (Å²) in [5, 5.41) is 3.16. The van der Waals surface area contributed by atoms with Crippen molar-refractivity contribution in [2.24, 2.45) is 10.7 Å². The number of nitrogens with zero attached hydrogens (tertiary/aromatic N) is 1. The molecule has 3 nitrogen and oxygen atoms in total. The Morgan fingerprint density at radius 1 is 1.44 bits per heavy atom. The molecule has 0 heterocycles. The zero-order valence-corrected chi connectivity index (χ0v) is 10.3. The lowest BCUT2D eigenvalue weighted by molar-refractivity contribution is 0.583. The van der Waals surface area contributed by atoms with Crippen molar-refractivity contribution >= 4 is 23.2 Å². The Hall–Kier alpha value is -1.29. The van der Waals surface area contributed by atoms with E-state index < -0.39 is 0 Å². The van der Waals surface area contributed by atoms with Gasteiger partial charge >= 0.3 is 0 Å². The summed E-state index contributed by atoms with van der Waals surface area (Å²) >= 11 is 5.87. The lowest BCUT2D eigenvalue weighted by Gasteiger charge is -2.15. The first-order valence-electron chi connectivity index (χ1n) is 4.85. The Morgan fingerprint density at radius 3 is 2.62 bits per heavy atom. The number of nitrogens with one attached hydrogen (secondary N) is 1. The molecule has 0 amide bonds. The first kappa shape index (κ1) is 12.8. The van der Waals surface area contributed by atoms with Crippen LogP contribution < -0.4 is 11.1 Å². The molecule has 0 fully saturated rings. The van der Waals surface area contributed by atoms with E-state index in [2.05, 4.69) is 10.3 Å². The van der Waals surface area contributed by atoms with Gasteiger partial charge in [-0.2, -0.15) is 0 Å². The van der Waals surface area contributed by atoms with E-state index in [1.54, 1.807) is 0 Å². The van der Waals surface area contributed by atoms with E-state index in [0.717, 1.165) is 0 Å². The molecule has 1 aromatic rings. The maximum Gasteiger partial charge on any atom is 0.193 e. The molecule has 0 bridgehead atoms. The molecule has 5 heteroatoms. The highest BCUT2D eigenvalue weighted by atomic mass is 35.5. The zero-order chi connectivity index (χ0) is 12.3. The third-order valence-corrected chi connectivity index (χ3v) is 1.98. The van der Waals surface area contributed by atoms with Gasteiger partial charge in [0.25, 0.3) is 0 Å². The summed E-state index contributed by atoms with van der Waals surface area (Å²) in [5.41, 5.74) is 5.78. The third kappa shape index (κ3) is 4.06. The molecule has 0 aliphatic heterocycles. The van der Waals surface area contributed by atoms with Crippen LogP contribution in [-0.4, -0.2) is 11.5 Å². The van der Waals surface area contributed by atoms with Gasteiger partial charge in [-0.1, -0.05) is 11.6 Å². The minimum atomic E-state index is -0.379. The predicted octanol–water partition coefficient (Wildman–Crippen LogP) is 3.00. The maximum atomic E-state index is 13.0. The van der Waals surface area contributed by atoms with Crippen LogP contribution in [-0.2, 0) is 0 Å². The van der Waals surface area contributed by atoms with Crippen LogP contribution in [0.3, 0.4) is 0 Å². The SMILES string of the molecule is CC(C)(C)N=C(N)Nc1cc(F)ccc1Cl. The van der Waals surface area contributed by atoms with E-state index in [9.17, 15) is 4.39 Å². The van der Waals surface area contributed by atoms with E-state index >= 15 is 0 Å². The summed E-state index contributed by atoms with van der Waals surface area (Å²) in [6.45, 7) is 5.73. The van der Waals surface area contributed by atoms with Crippen LogP contribution in [0.1, 0.15) is 20.8 Å². The fourth-order valence-electron chi connectivity index (χ4n) is 1.12. The Kier molecular flexibility index (Phi) is 3.75. The molecule has 0 aliphatic carbocycles. The topological polar surface area (TPSA) is 50.4 Å². The van der Waals surface area contributed by atoms with Crippen LogP contribution in [0, 0.1) is 5.82 Å². The highest BCUT2D eigenvalue weighted by Crippen LogP contribution is 2.22. The molecule has 1 rings (SSSR count). The molecule has 1 aromatic carbocycles. The first-order valence-corrected chi connectivity index (χ1v) is 5.23. The van der Waals surface area contributed by atoms with Gasteiger partial charge in [-0.05, 0) is 39.0 Å². The Labute approximate surface area is 99.5 Å². The summed E-state index contributed by atoms with van der Waals surface area (Å²) in [7, 11) is 0. The monoisotopic (exact) mass is 243 g/mol. The van der Waals surface area contributed by atoms with Crippen molar-refractivity contribution in [3.63, 3.8) is 0 Å². The van der Waals surface area contributed by atoms with Crippen molar-refractivity contribution in [1.82, 2.24) is 0 Å². The highest BCUT2D eigenvalue weighted by molar-refractivity contribution is 6.33. The van der Waals surface area contributed by atoms with E-state index in [1.165, 1.54) is 18.2 Å². The standard InChI is InChI=1S/C11H15ClFN3/c1-11(2,3)16-10(14)15-9-6-7(13)4-5-8(9)12/h4-6H,1-3H3,(H3,14,15,16). The van der Waals surface area contributed by atoms with Crippen LogP contribution in [0.25, 0.3) is 0 Å². The van der Waals surface area contributed by atoms with Crippen molar-refractivity contribution in [2.45, 2.75) is 26.3 Å². The molecule has 16 heavy (non-hydrogen) atoms. The van der Waals surface area contributed by atoms with Gasteiger partial charge in [0, 0.05) is 0 Å². The van der Waals surface area contributed by atoms with Crippen molar-refractivity contribution in [1.29, 1.82) is 0 Å². The van der Waals surface area contributed by atoms with E-state index in [4.69, 9.17) is 17.3 Å². The number of halogens is 2. The van der Waals surface area contributed by atoms with Crippen LogP contribution in [0.15, 0.2) is 23.2 Å². The van der Waals surface area contributed by atoms with E-state index in [-0.39, 0.29) is 17.3 Å². The predicted molar refractivity (Wildman–Crippen MR) is 66.4 cm³/mol. The number of benzene rings is 1. The number of anilines is 1. The number of hydrogen-bond acceptors (Lipinski definition) is 1. The average molecular weight is 244 g/mol. The van der Waals surface area contributed by atoms with Gasteiger partial charge in [-0.25, -0.2) is 9.38 Å². The Bertz CT molecular complexity index is 410. The van der Waals surface area contributed by atoms with Crippen LogP contribution in [0.4, 0.5) is 10.1 Å². The molecule has 88 valence electrons. The number of aliphatic imine (C=N–C) groups is 1. The molecule has 0 aliphatic rings. The Morgan fingerprint density at radius 2 is 2.06 bits per heavy atom. The third-order valence-electron chi connectivity index (χ3n) is 1.65. The second-order valence-electron chi connectivity index (χ2n) is 4.42. The molecule has 0 saturated heterocycles. The second kappa shape index (κ2) is 4.70. The number of rotatable bonds is 1. The molecule has 3 N–H and O–H groups in total. The lowest BCUT2D eigenvalue weighted by atomic mass is 10.1. The first-order chi connectivity index (χ1) is 7.28. The summed E-state index contributed by atoms with van der Waals surface area (Å²) in [5.74, 6) is -0.171. The number of guanidine groups is 1. The molecule has 0 radical (unpaired) electrons. The number of hydrogen-bond donors (Lipinski definition) is 2. The molecule has 0 saturated carbocycles. The van der Waals surface area contributed by atoms with Crippen LogP contribution in [0.2, 0.25) is 5.02 Å². The normalized spacial score (nSPS) is 12.7. The molecule has 0 spiro atoms. The molecular formula is C11H15ClFN3. The molecule has 0 atom stereocenters. The summed E-state index contributed by atoms with van der Waals surface area (Å²) < 4.78 is 13.0. The summed E-state index contributed by atoms with van der Waals surface area (Å²) in [6, 6.07) is 4.02. The Balaban J connectivity index is 2.89. The van der Waals surface area contributed by atoms with Crippen molar-refractivity contribution in [3.05, 3.63) is 29.0 Å². The van der Waals surface area contributed by atoms with Gasteiger partial charge in [0.15, 0.2) is 5.96 Å². The summed E-state index contributed by atoms with van der Waals surface area (Å²) in [6.07, 6.45) is 0. The zero-order valence-electron chi connectivity index (χ0n) is 9.51. The van der Waals surface area contributed by atoms with E-state index in [1.807, 2.05) is 20.8 Å².